The molecule has 0 heterocycles. The number of thiocarbonyl (C=S) groups is 1. The van der Waals surface area contributed by atoms with E-state index in [9.17, 15) is 10.1 Å². The van der Waals surface area contributed by atoms with Gasteiger partial charge in [-0.05, 0) is 43.6 Å². The number of nitro benzene ring substituents is 1. The van der Waals surface area contributed by atoms with Crippen molar-refractivity contribution in [2.45, 2.75) is 25.8 Å². The van der Waals surface area contributed by atoms with E-state index in [-0.39, 0.29) is 11.7 Å². The van der Waals surface area contributed by atoms with Crippen molar-refractivity contribution in [3.05, 3.63) is 70.3 Å². The molecule has 0 amide bonds. The molecule has 0 aliphatic heterocycles. The van der Waals surface area contributed by atoms with E-state index < -0.39 is 4.92 Å². The van der Waals surface area contributed by atoms with Crippen molar-refractivity contribution >= 4 is 28.7 Å². The highest BCUT2D eigenvalue weighted by Crippen LogP contribution is 2.17. The van der Waals surface area contributed by atoms with E-state index in [0.717, 1.165) is 12.8 Å². The van der Waals surface area contributed by atoms with Gasteiger partial charge in [-0.2, -0.15) is 0 Å². The number of non-ortho nitro benzene ring substituents is 1. The van der Waals surface area contributed by atoms with Gasteiger partial charge < -0.3 is 10.6 Å². The summed E-state index contributed by atoms with van der Waals surface area (Å²) in [5.74, 6) is 0. The summed E-state index contributed by atoms with van der Waals surface area (Å²) in [5.41, 5.74) is 1.93. The number of nitrogens with zero attached hydrogens (tertiary/aromatic N) is 1. The monoisotopic (exact) mass is 329 g/mol. The van der Waals surface area contributed by atoms with Crippen molar-refractivity contribution in [2.24, 2.45) is 0 Å². The fourth-order valence-corrected chi connectivity index (χ4v) is 2.51. The first-order chi connectivity index (χ1) is 11.0. The summed E-state index contributed by atoms with van der Waals surface area (Å²) < 4.78 is 0. The average Bonchev–Trinajstić information content (AvgIpc) is 2.54. The highest BCUT2D eigenvalue weighted by atomic mass is 32.1. The van der Waals surface area contributed by atoms with E-state index in [1.807, 2.05) is 18.2 Å². The molecule has 2 aromatic rings. The van der Waals surface area contributed by atoms with Crippen LogP contribution in [0.2, 0.25) is 0 Å². The SMILES string of the molecule is CC(CCc1ccccc1)NC(=S)Nc1cccc([N+](=O)[O-])c1. The molecule has 5 nitrogen and oxygen atoms in total. The van der Waals surface area contributed by atoms with Gasteiger partial charge in [0, 0.05) is 23.9 Å². The quantitative estimate of drug-likeness (QED) is 0.478. The molecule has 0 spiro atoms. The zero-order chi connectivity index (χ0) is 16.7. The van der Waals surface area contributed by atoms with Crippen LogP contribution in [0.5, 0.6) is 0 Å². The van der Waals surface area contributed by atoms with Crippen molar-refractivity contribution in [3.8, 4) is 0 Å². The lowest BCUT2D eigenvalue weighted by Gasteiger charge is -2.17. The third kappa shape index (κ3) is 5.67. The highest BCUT2D eigenvalue weighted by molar-refractivity contribution is 7.80. The van der Waals surface area contributed by atoms with Crippen LogP contribution in [0, 0.1) is 10.1 Å². The van der Waals surface area contributed by atoms with Gasteiger partial charge in [0.2, 0.25) is 0 Å². The second-order valence-corrected chi connectivity index (χ2v) is 5.74. The third-order valence-electron chi connectivity index (χ3n) is 3.40. The first kappa shape index (κ1) is 16.9. The van der Waals surface area contributed by atoms with Gasteiger partial charge in [-0.3, -0.25) is 10.1 Å². The van der Waals surface area contributed by atoms with Crippen molar-refractivity contribution in [3.63, 3.8) is 0 Å². The van der Waals surface area contributed by atoms with Crippen LogP contribution in [0.4, 0.5) is 11.4 Å². The Kier molecular flexibility index (Phi) is 6.05. The third-order valence-corrected chi connectivity index (χ3v) is 3.62. The van der Waals surface area contributed by atoms with Crippen LogP contribution in [0.1, 0.15) is 18.9 Å². The Morgan fingerprint density at radius 2 is 1.96 bits per heavy atom. The second kappa shape index (κ2) is 8.24. The number of anilines is 1. The van der Waals surface area contributed by atoms with Crippen LogP contribution in [0.3, 0.4) is 0 Å². The summed E-state index contributed by atoms with van der Waals surface area (Å²) in [5, 5.41) is 17.4. The molecule has 0 aromatic heterocycles. The molecule has 2 N–H and O–H groups in total. The average molecular weight is 329 g/mol. The number of nitro groups is 1. The molecule has 0 saturated carbocycles. The fraction of sp³-hybridized carbons (Fsp3) is 0.235. The Bertz CT molecular complexity index is 677. The standard InChI is InChI=1S/C17H19N3O2S/c1-13(10-11-14-6-3-2-4-7-14)18-17(23)19-15-8-5-9-16(12-15)20(21)22/h2-9,12-13H,10-11H2,1H3,(H2,18,19,23). The fourth-order valence-electron chi connectivity index (χ4n) is 2.19. The van der Waals surface area contributed by atoms with E-state index in [2.05, 4.69) is 29.7 Å². The summed E-state index contributed by atoms with van der Waals surface area (Å²) in [6.07, 6.45) is 1.91. The summed E-state index contributed by atoms with van der Waals surface area (Å²) >= 11 is 5.26. The molecule has 0 saturated heterocycles. The van der Waals surface area contributed by atoms with Crippen LogP contribution < -0.4 is 10.6 Å². The molecule has 0 aliphatic carbocycles. The number of hydrogen-bond acceptors (Lipinski definition) is 3. The van der Waals surface area contributed by atoms with Gasteiger partial charge in [0.25, 0.3) is 5.69 Å². The predicted octanol–water partition coefficient (Wildman–Crippen LogP) is 3.90. The lowest BCUT2D eigenvalue weighted by atomic mass is 10.1. The number of rotatable bonds is 6. The Hall–Kier alpha value is -2.47. The molecular formula is C17H19N3O2S. The molecule has 2 rings (SSSR count). The minimum Gasteiger partial charge on any atom is -0.360 e. The number of hydrogen-bond donors (Lipinski definition) is 2. The van der Waals surface area contributed by atoms with Crippen LogP contribution in [-0.2, 0) is 6.42 Å². The minimum atomic E-state index is -0.426. The highest BCUT2D eigenvalue weighted by Gasteiger charge is 2.08. The predicted molar refractivity (Wildman–Crippen MR) is 96.7 cm³/mol. The Morgan fingerprint density at radius 3 is 2.65 bits per heavy atom. The molecule has 2 aromatic carbocycles. The van der Waals surface area contributed by atoms with Crippen LogP contribution >= 0.6 is 12.2 Å². The van der Waals surface area contributed by atoms with Crippen molar-refractivity contribution in [1.29, 1.82) is 0 Å². The maximum Gasteiger partial charge on any atom is 0.271 e. The lowest BCUT2D eigenvalue weighted by molar-refractivity contribution is -0.384. The molecular weight excluding hydrogens is 310 g/mol. The maximum absolute atomic E-state index is 10.8. The first-order valence-electron chi connectivity index (χ1n) is 7.40. The molecule has 120 valence electrons. The summed E-state index contributed by atoms with van der Waals surface area (Å²) in [6, 6.07) is 16.8. The summed E-state index contributed by atoms with van der Waals surface area (Å²) in [4.78, 5) is 10.3. The van der Waals surface area contributed by atoms with E-state index >= 15 is 0 Å². The molecule has 0 radical (unpaired) electrons. The van der Waals surface area contributed by atoms with Crippen LogP contribution in [0.25, 0.3) is 0 Å². The van der Waals surface area contributed by atoms with E-state index in [1.165, 1.54) is 17.7 Å². The van der Waals surface area contributed by atoms with Gasteiger partial charge in [0.05, 0.1) is 4.92 Å². The Morgan fingerprint density at radius 1 is 1.22 bits per heavy atom. The molecule has 23 heavy (non-hydrogen) atoms. The zero-order valence-electron chi connectivity index (χ0n) is 12.9. The molecule has 1 unspecified atom stereocenters. The van der Waals surface area contributed by atoms with E-state index in [0.29, 0.717) is 10.8 Å². The molecule has 1 atom stereocenters. The smallest absolute Gasteiger partial charge is 0.271 e. The van der Waals surface area contributed by atoms with E-state index in [1.54, 1.807) is 12.1 Å². The van der Waals surface area contributed by atoms with Crippen molar-refractivity contribution in [1.82, 2.24) is 5.32 Å². The van der Waals surface area contributed by atoms with Crippen molar-refractivity contribution in [2.75, 3.05) is 5.32 Å². The zero-order valence-corrected chi connectivity index (χ0v) is 13.7. The van der Waals surface area contributed by atoms with Gasteiger partial charge in [0.1, 0.15) is 0 Å². The number of benzene rings is 2. The van der Waals surface area contributed by atoms with Gasteiger partial charge in [0.15, 0.2) is 5.11 Å². The normalized spacial score (nSPS) is 11.5. The number of nitrogens with one attached hydrogen (secondary N) is 2. The number of aryl methyl sites for hydroxylation is 1. The topological polar surface area (TPSA) is 67.2 Å². The van der Waals surface area contributed by atoms with E-state index in [4.69, 9.17) is 12.2 Å². The second-order valence-electron chi connectivity index (χ2n) is 5.33. The maximum atomic E-state index is 10.8. The first-order valence-corrected chi connectivity index (χ1v) is 7.81. The Labute approximate surface area is 140 Å². The lowest BCUT2D eigenvalue weighted by Crippen LogP contribution is -2.36. The summed E-state index contributed by atoms with van der Waals surface area (Å²) in [7, 11) is 0. The molecule has 0 aliphatic rings. The van der Waals surface area contributed by atoms with Gasteiger partial charge in [-0.1, -0.05) is 36.4 Å². The summed E-state index contributed by atoms with van der Waals surface area (Å²) in [6.45, 7) is 2.06. The van der Waals surface area contributed by atoms with Gasteiger partial charge in [-0.15, -0.1) is 0 Å². The van der Waals surface area contributed by atoms with Crippen molar-refractivity contribution < 1.29 is 4.92 Å². The van der Waals surface area contributed by atoms with Gasteiger partial charge in [-0.25, -0.2) is 0 Å². The van der Waals surface area contributed by atoms with Crippen LogP contribution in [-0.4, -0.2) is 16.1 Å². The molecule has 0 bridgehead atoms. The largest absolute Gasteiger partial charge is 0.360 e. The van der Waals surface area contributed by atoms with Gasteiger partial charge >= 0.3 is 0 Å². The molecule has 0 fully saturated rings. The Balaban J connectivity index is 1.82. The van der Waals surface area contributed by atoms with Crippen LogP contribution in [0.15, 0.2) is 54.6 Å². The minimum absolute atomic E-state index is 0.0370. The molecule has 6 heteroatoms.